The SMILES string of the molecule is CC(=O)N1N=C(c2ccccc2O)C[C@H]1c1ccccc1F. The quantitative estimate of drug-likeness (QED) is 0.925. The number of aromatic hydroxyl groups is 1. The van der Waals surface area contributed by atoms with E-state index in [1.54, 1.807) is 42.5 Å². The van der Waals surface area contributed by atoms with E-state index in [1.807, 2.05) is 0 Å². The lowest BCUT2D eigenvalue weighted by Crippen LogP contribution is -2.25. The predicted octanol–water partition coefficient (Wildman–Crippen LogP) is 3.23. The molecule has 112 valence electrons. The molecule has 0 saturated carbocycles. The average Bonchev–Trinajstić information content (AvgIpc) is 2.93. The number of carbonyl (C=O) groups excluding carboxylic acids is 1. The number of rotatable bonds is 2. The molecule has 0 bridgehead atoms. The molecule has 5 heteroatoms. The molecule has 0 radical (unpaired) electrons. The van der Waals surface area contributed by atoms with E-state index in [0.29, 0.717) is 23.3 Å². The third-order valence-corrected chi connectivity index (χ3v) is 3.71. The van der Waals surface area contributed by atoms with Gasteiger partial charge in [-0.25, -0.2) is 9.40 Å². The van der Waals surface area contributed by atoms with Crippen LogP contribution in [-0.2, 0) is 4.79 Å². The van der Waals surface area contributed by atoms with Crippen LogP contribution in [0.4, 0.5) is 4.39 Å². The minimum Gasteiger partial charge on any atom is -0.507 e. The Labute approximate surface area is 127 Å². The molecule has 4 nitrogen and oxygen atoms in total. The van der Waals surface area contributed by atoms with Gasteiger partial charge >= 0.3 is 0 Å². The summed E-state index contributed by atoms with van der Waals surface area (Å²) in [5.74, 6) is -0.537. The highest BCUT2D eigenvalue weighted by Gasteiger charge is 2.33. The lowest BCUT2D eigenvalue weighted by molar-refractivity contribution is -0.130. The smallest absolute Gasteiger partial charge is 0.240 e. The Balaban J connectivity index is 2.01. The van der Waals surface area contributed by atoms with E-state index in [2.05, 4.69) is 5.10 Å². The zero-order valence-corrected chi connectivity index (χ0v) is 12.0. The molecule has 1 aliphatic heterocycles. The molecule has 22 heavy (non-hydrogen) atoms. The van der Waals surface area contributed by atoms with Crippen LogP contribution in [0.5, 0.6) is 5.75 Å². The monoisotopic (exact) mass is 298 g/mol. The third kappa shape index (κ3) is 2.45. The first-order valence-electron chi connectivity index (χ1n) is 6.98. The van der Waals surface area contributed by atoms with Crippen molar-refractivity contribution in [1.29, 1.82) is 0 Å². The number of halogens is 1. The van der Waals surface area contributed by atoms with Crippen LogP contribution in [0, 0.1) is 5.82 Å². The summed E-state index contributed by atoms with van der Waals surface area (Å²) in [5.41, 5.74) is 1.56. The minimum absolute atomic E-state index is 0.0962. The molecule has 3 rings (SSSR count). The van der Waals surface area contributed by atoms with Crippen molar-refractivity contribution < 1.29 is 14.3 Å². The summed E-state index contributed by atoms with van der Waals surface area (Å²) in [7, 11) is 0. The summed E-state index contributed by atoms with van der Waals surface area (Å²) in [6, 6.07) is 12.7. The molecule has 0 aliphatic carbocycles. The number of benzene rings is 2. The maximum Gasteiger partial charge on any atom is 0.240 e. The average molecular weight is 298 g/mol. The fourth-order valence-electron chi connectivity index (χ4n) is 2.67. The van der Waals surface area contributed by atoms with E-state index in [1.165, 1.54) is 18.0 Å². The van der Waals surface area contributed by atoms with E-state index >= 15 is 0 Å². The first-order chi connectivity index (χ1) is 10.6. The summed E-state index contributed by atoms with van der Waals surface area (Å²) >= 11 is 0. The Bertz CT molecular complexity index is 758. The van der Waals surface area contributed by atoms with Gasteiger partial charge in [-0.1, -0.05) is 30.3 Å². The summed E-state index contributed by atoms with van der Waals surface area (Å²) in [6.45, 7) is 1.39. The Morgan fingerprint density at radius 1 is 1.23 bits per heavy atom. The maximum absolute atomic E-state index is 14.0. The van der Waals surface area contributed by atoms with E-state index in [-0.39, 0.29) is 17.5 Å². The highest BCUT2D eigenvalue weighted by Crippen LogP contribution is 2.35. The van der Waals surface area contributed by atoms with Gasteiger partial charge < -0.3 is 5.11 Å². The first-order valence-corrected chi connectivity index (χ1v) is 6.98. The standard InChI is InChI=1S/C17H15FN2O2/c1-11(21)20-16(12-6-2-4-8-14(12)18)10-15(19-20)13-7-3-5-9-17(13)22/h2-9,16,22H,10H2,1H3/t16-/m0/s1. The normalized spacial score (nSPS) is 17.5. The molecular formula is C17H15FN2O2. The van der Waals surface area contributed by atoms with Crippen LogP contribution in [0.1, 0.15) is 30.5 Å². The van der Waals surface area contributed by atoms with Gasteiger partial charge in [-0.2, -0.15) is 5.10 Å². The van der Waals surface area contributed by atoms with Gasteiger partial charge in [0.05, 0.1) is 11.8 Å². The Kier molecular flexibility index (Phi) is 3.63. The molecule has 2 aromatic carbocycles. The van der Waals surface area contributed by atoms with Crippen LogP contribution < -0.4 is 0 Å². The second-order valence-corrected chi connectivity index (χ2v) is 5.17. The Morgan fingerprint density at radius 3 is 2.59 bits per heavy atom. The number of carbonyl (C=O) groups is 1. The van der Waals surface area contributed by atoms with Gasteiger partial charge in [0, 0.05) is 24.5 Å². The number of para-hydroxylation sites is 1. The van der Waals surface area contributed by atoms with E-state index in [9.17, 15) is 14.3 Å². The van der Waals surface area contributed by atoms with Gasteiger partial charge in [0.1, 0.15) is 11.6 Å². The van der Waals surface area contributed by atoms with Crippen LogP contribution in [0.15, 0.2) is 53.6 Å². The Hall–Kier alpha value is -2.69. The number of phenols is 1. The van der Waals surface area contributed by atoms with Crippen LogP contribution in [0.3, 0.4) is 0 Å². The molecule has 2 aromatic rings. The van der Waals surface area contributed by atoms with Gasteiger partial charge in [0.2, 0.25) is 5.91 Å². The molecule has 0 aromatic heterocycles. The van der Waals surface area contributed by atoms with Crippen molar-refractivity contribution in [2.45, 2.75) is 19.4 Å². The summed E-state index contributed by atoms with van der Waals surface area (Å²) < 4.78 is 14.0. The van der Waals surface area contributed by atoms with Crippen LogP contribution in [-0.4, -0.2) is 21.7 Å². The second-order valence-electron chi connectivity index (χ2n) is 5.17. The molecule has 0 saturated heterocycles. The van der Waals surface area contributed by atoms with Crippen molar-refractivity contribution in [3.8, 4) is 5.75 Å². The Morgan fingerprint density at radius 2 is 1.91 bits per heavy atom. The number of hydrazone groups is 1. The molecule has 0 unspecified atom stereocenters. The van der Waals surface area contributed by atoms with Gasteiger partial charge in [-0.15, -0.1) is 0 Å². The number of phenolic OH excluding ortho intramolecular Hbond substituents is 1. The van der Waals surface area contributed by atoms with Gasteiger partial charge in [-0.05, 0) is 18.2 Å². The number of hydrogen-bond acceptors (Lipinski definition) is 3. The highest BCUT2D eigenvalue weighted by molar-refractivity contribution is 6.05. The first kappa shape index (κ1) is 14.3. The number of amides is 1. The summed E-state index contributed by atoms with van der Waals surface area (Å²) in [5, 5.41) is 15.5. The van der Waals surface area contributed by atoms with Crippen molar-refractivity contribution >= 4 is 11.6 Å². The molecule has 1 atom stereocenters. The largest absolute Gasteiger partial charge is 0.507 e. The van der Waals surface area contributed by atoms with Crippen LogP contribution in [0.2, 0.25) is 0 Å². The molecule has 1 aliphatic rings. The van der Waals surface area contributed by atoms with E-state index in [0.717, 1.165) is 0 Å². The number of hydrogen-bond donors (Lipinski definition) is 1. The second kappa shape index (κ2) is 5.60. The van der Waals surface area contributed by atoms with Gasteiger partial charge in [0.25, 0.3) is 0 Å². The molecule has 0 spiro atoms. The van der Waals surface area contributed by atoms with E-state index < -0.39 is 6.04 Å². The molecule has 0 fully saturated rings. The van der Waals surface area contributed by atoms with Crippen molar-refractivity contribution in [2.24, 2.45) is 5.10 Å². The topological polar surface area (TPSA) is 52.9 Å². The molecular weight excluding hydrogens is 283 g/mol. The predicted molar refractivity (Wildman–Crippen MR) is 80.9 cm³/mol. The summed E-state index contributed by atoms with van der Waals surface area (Å²) in [6.07, 6.45) is 0.359. The summed E-state index contributed by atoms with van der Waals surface area (Å²) in [4.78, 5) is 11.8. The van der Waals surface area contributed by atoms with Crippen LogP contribution >= 0.6 is 0 Å². The van der Waals surface area contributed by atoms with Crippen LogP contribution in [0.25, 0.3) is 0 Å². The van der Waals surface area contributed by atoms with E-state index in [4.69, 9.17) is 0 Å². The minimum atomic E-state index is -0.492. The zero-order chi connectivity index (χ0) is 15.7. The van der Waals surface area contributed by atoms with Gasteiger partial charge in [-0.3, -0.25) is 4.79 Å². The van der Waals surface area contributed by atoms with Gasteiger partial charge in [0.15, 0.2) is 0 Å². The fraction of sp³-hybridized carbons (Fsp3) is 0.176. The third-order valence-electron chi connectivity index (χ3n) is 3.71. The fourth-order valence-corrected chi connectivity index (χ4v) is 2.67. The van der Waals surface area contributed by atoms with Crippen molar-refractivity contribution in [3.05, 3.63) is 65.5 Å². The molecule has 1 N–H and O–H groups in total. The van der Waals surface area contributed by atoms with Crippen molar-refractivity contribution in [2.75, 3.05) is 0 Å². The lowest BCUT2D eigenvalue weighted by atomic mass is 9.97. The number of nitrogens with zero attached hydrogens (tertiary/aromatic N) is 2. The van der Waals surface area contributed by atoms with Crippen molar-refractivity contribution in [1.82, 2.24) is 5.01 Å². The molecule has 1 heterocycles. The lowest BCUT2D eigenvalue weighted by Gasteiger charge is -2.20. The van der Waals surface area contributed by atoms with Crippen molar-refractivity contribution in [3.63, 3.8) is 0 Å². The zero-order valence-electron chi connectivity index (χ0n) is 12.0. The maximum atomic E-state index is 14.0. The highest BCUT2D eigenvalue weighted by atomic mass is 19.1. The molecule has 1 amide bonds.